The molecule has 1 aliphatic rings. The highest BCUT2D eigenvalue weighted by atomic mass is 35.5. The molecule has 0 spiro atoms. The van der Waals surface area contributed by atoms with Crippen LogP contribution in [0.4, 0.5) is 8.78 Å². The molecule has 1 aromatic rings. The molecule has 1 aromatic carbocycles. The van der Waals surface area contributed by atoms with Crippen LogP contribution in [-0.2, 0) is 0 Å². The molecule has 7 heteroatoms. The summed E-state index contributed by atoms with van der Waals surface area (Å²) in [6.07, 6.45) is 3.90. The number of benzene rings is 1. The van der Waals surface area contributed by atoms with Crippen LogP contribution in [0.5, 0.6) is 0 Å². The van der Waals surface area contributed by atoms with Crippen LogP contribution in [0.1, 0.15) is 44.2 Å². The van der Waals surface area contributed by atoms with Gasteiger partial charge in [0.05, 0.1) is 5.02 Å². The summed E-state index contributed by atoms with van der Waals surface area (Å²) < 4.78 is 28.6. The molecule has 1 heterocycles. The number of unbranched alkanes of at least 4 members (excludes halogenated alkanes) is 2. The summed E-state index contributed by atoms with van der Waals surface area (Å²) in [6.45, 7) is 5.45. The molecule has 2 rings (SSSR count). The number of nitrogens with one attached hydrogen (secondary N) is 1. The molecular formula is C16H25Cl3F2N2. The standard InChI is InChI=1S/C16H23ClF2N2.2ClH/c1-2-3-4-5-14(21-10-8-20-9-11-21)15-13(18)7-6-12(17)16(15)19;;/h6-7,14,20H,2-5,8-11H2,1H3;2*1H/t14-;;/m1../s1. The van der Waals surface area contributed by atoms with Crippen molar-refractivity contribution in [2.24, 2.45) is 0 Å². The van der Waals surface area contributed by atoms with E-state index in [1.165, 1.54) is 12.1 Å². The molecule has 1 fully saturated rings. The van der Waals surface area contributed by atoms with Crippen molar-refractivity contribution in [2.75, 3.05) is 26.2 Å². The zero-order chi connectivity index (χ0) is 15.2. The van der Waals surface area contributed by atoms with Gasteiger partial charge in [0.1, 0.15) is 11.6 Å². The highest BCUT2D eigenvalue weighted by Gasteiger charge is 2.28. The van der Waals surface area contributed by atoms with Gasteiger partial charge in [0, 0.05) is 37.8 Å². The van der Waals surface area contributed by atoms with Crippen molar-refractivity contribution < 1.29 is 8.78 Å². The molecule has 0 aromatic heterocycles. The third kappa shape index (κ3) is 6.02. The van der Waals surface area contributed by atoms with Gasteiger partial charge in [-0.1, -0.05) is 37.8 Å². The topological polar surface area (TPSA) is 15.3 Å². The second kappa shape index (κ2) is 11.4. The Kier molecular flexibility index (Phi) is 11.4. The number of nitrogens with zero attached hydrogens (tertiary/aromatic N) is 1. The van der Waals surface area contributed by atoms with Gasteiger partial charge in [-0.05, 0) is 18.6 Å². The van der Waals surface area contributed by atoms with E-state index in [0.29, 0.717) is 0 Å². The minimum Gasteiger partial charge on any atom is -0.314 e. The summed E-state index contributed by atoms with van der Waals surface area (Å²) in [4.78, 5) is 2.17. The van der Waals surface area contributed by atoms with E-state index in [1.54, 1.807) is 0 Å². The molecule has 134 valence electrons. The van der Waals surface area contributed by atoms with Crippen LogP contribution in [-0.4, -0.2) is 31.1 Å². The molecule has 0 saturated carbocycles. The lowest BCUT2D eigenvalue weighted by molar-refractivity contribution is 0.156. The van der Waals surface area contributed by atoms with Crippen molar-refractivity contribution in [3.05, 3.63) is 34.4 Å². The van der Waals surface area contributed by atoms with Crippen molar-refractivity contribution in [1.82, 2.24) is 10.2 Å². The Morgan fingerprint density at radius 2 is 1.83 bits per heavy atom. The molecule has 1 atom stereocenters. The van der Waals surface area contributed by atoms with Crippen molar-refractivity contribution in [2.45, 2.75) is 38.6 Å². The van der Waals surface area contributed by atoms with Gasteiger partial charge < -0.3 is 5.32 Å². The minimum atomic E-state index is -0.600. The maximum Gasteiger partial charge on any atom is 0.149 e. The van der Waals surface area contributed by atoms with Crippen LogP contribution in [0, 0.1) is 11.6 Å². The molecule has 2 nitrogen and oxygen atoms in total. The van der Waals surface area contributed by atoms with E-state index in [2.05, 4.69) is 17.1 Å². The number of rotatable bonds is 6. The van der Waals surface area contributed by atoms with Gasteiger partial charge in [0.2, 0.25) is 0 Å². The van der Waals surface area contributed by atoms with E-state index in [0.717, 1.165) is 51.9 Å². The Morgan fingerprint density at radius 3 is 2.43 bits per heavy atom. The van der Waals surface area contributed by atoms with E-state index in [1.807, 2.05) is 0 Å². The van der Waals surface area contributed by atoms with Gasteiger partial charge in [0.25, 0.3) is 0 Å². The molecule has 0 radical (unpaired) electrons. The first-order valence-corrected chi connectivity index (χ1v) is 8.11. The fraction of sp³-hybridized carbons (Fsp3) is 0.625. The van der Waals surface area contributed by atoms with Gasteiger partial charge in [-0.3, -0.25) is 4.90 Å². The highest BCUT2D eigenvalue weighted by Crippen LogP contribution is 2.33. The molecule has 0 aliphatic carbocycles. The molecule has 1 saturated heterocycles. The second-order valence-corrected chi connectivity index (χ2v) is 5.96. The van der Waals surface area contributed by atoms with Crippen molar-refractivity contribution >= 4 is 36.4 Å². The number of hydrogen-bond donors (Lipinski definition) is 1. The maximum absolute atomic E-state index is 14.4. The zero-order valence-corrected chi connectivity index (χ0v) is 15.7. The van der Waals surface area contributed by atoms with Crippen molar-refractivity contribution in [3.8, 4) is 0 Å². The zero-order valence-electron chi connectivity index (χ0n) is 13.3. The molecular weight excluding hydrogens is 365 g/mol. The number of piperazine rings is 1. The van der Waals surface area contributed by atoms with Gasteiger partial charge >= 0.3 is 0 Å². The normalized spacial score (nSPS) is 16.3. The van der Waals surface area contributed by atoms with E-state index >= 15 is 0 Å². The minimum absolute atomic E-state index is 0. The summed E-state index contributed by atoms with van der Waals surface area (Å²) in [5, 5.41) is 3.28. The Hall–Kier alpha value is -0.130. The fourth-order valence-electron chi connectivity index (χ4n) is 2.94. The van der Waals surface area contributed by atoms with Crippen LogP contribution < -0.4 is 5.32 Å². The van der Waals surface area contributed by atoms with Crippen LogP contribution in [0.25, 0.3) is 0 Å². The molecule has 1 aliphatic heterocycles. The predicted molar refractivity (Wildman–Crippen MR) is 97.2 cm³/mol. The first kappa shape index (κ1) is 22.9. The van der Waals surface area contributed by atoms with Gasteiger partial charge in [0.15, 0.2) is 0 Å². The van der Waals surface area contributed by atoms with Crippen LogP contribution in [0.15, 0.2) is 12.1 Å². The fourth-order valence-corrected chi connectivity index (χ4v) is 3.10. The monoisotopic (exact) mass is 388 g/mol. The maximum atomic E-state index is 14.4. The quantitative estimate of drug-likeness (QED) is 0.545. The van der Waals surface area contributed by atoms with Crippen LogP contribution >= 0.6 is 36.4 Å². The average molecular weight is 390 g/mol. The van der Waals surface area contributed by atoms with Gasteiger partial charge in [-0.2, -0.15) is 0 Å². The summed E-state index contributed by atoms with van der Waals surface area (Å²) in [5.41, 5.74) is 0.139. The SMILES string of the molecule is CCCCC[C@H](c1c(F)ccc(Cl)c1F)N1CCNCC1.Cl.Cl. The Labute approximate surface area is 154 Å². The first-order valence-electron chi connectivity index (χ1n) is 7.73. The average Bonchev–Trinajstić information content (AvgIpc) is 2.51. The van der Waals surface area contributed by atoms with Gasteiger partial charge in [-0.15, -0.1) is 24.8 Å². The Balaban J connectivity index is 0.00000242. The van der Waals surface area contributed by atoms with Crippen LogP contribution in [0.3, 0.4) is 0 Å². The molecule has 0 bridgehead atoms. The first-order chi connectivity index (χ1) is 10.1. The lowest BCUT2D eigenvalue weighted by Crippen LogP contribution is -2.45. The van der Waals surface area contributed by atoms with Crippen molar-refractivity contribution in [1.29, 1.82) is 0 Å². The summed E-state index contributed by atoms with van der Waals surface area (Å²) in [5.74, 6) is -1.09. The Bertz CT molecular complexity index is 469. The number of hydrogen-bond acceptors (Lipinski definition) is 2. The molecule has 0 amide bonds. The number of halogens is 5. The lowest BCUT2D eigenvalue weighted by atomic mass is 9.97. The predicted octanol–water partition coefficient (Wildman–Crippen LogP) is 4.99. The summed E-state index contributed by atoms with van der Waals surface area (Å²) >= 11 is 5.86. The molecule has 0 unspecified atom stereocenters. The molecule has 1 N–H and O–H groups in total. The third-order valence-corrected chi connectivity index (χ3v) is 4.38. The second-order valence-electron chi connectivity index (χ2n) is 5.55. The summed E-state index contributed by atoms with van der Waals surface area (Å²) in [7, 11) is 0. The lowest BCUT2D eigenvalue weighted by Gasteiger charge is -2.35. The third-order valence-electron chi connectivity index (χ3n) is 4.09. The van der Waals surface area contributed by atoms with Crippen molar-refractivity contribution in [3.63, 3.8) is 0 Å². The van der Waals surface area contributed by atoms with E-state index < -0.39 is 11.6 Å². The molecule has 23 heavy (non-hydrogen) atoms. The Morgan fingerprint density at radius 1 is 1.17 bits per heavy atom. The van der Waals surface area contributed by atoms with E-state index in [-0.39, 0.29) is 41.4 Å². The smallest absolute Gasteiger partial charge is 0.149 e. The van der Waals surface area contributed by atoms with E-state index in [9.17, 15) is 8.78 Å². The van der Waals surface area contributed by atoms with E-state index in [4.69, 9.17) is 11.6 Å². The summed E-state index contributed by atoms with van der Waals surface area (Å²) in [6, 6.07) is 2.34. The highest BCUT2D eigenvalue weighted by molar-refractivity contribution is 6.30. The van der Waals surface area contributed by atoms with Crippen LogP contribution in [0.2, 0.25) is 5.02 Å². The van der Waals surface area contributed by atoms with Gasteiger partial charge in [-0.25, -0.2) is 8.78 Å². The largest absolute Gasteiger partial charge is 0.314 e.